The van der Waals surface area contributed by atoms with E-state index < -0.39 is 0 Å². The van der Waals surface area contributed by atoms with Gasteiger partial charge in [-0.15, -0.1) is 6.58 Å². The van der Waals surface area contributed by atoms with Gasteiger partial charge in [-0.1, -0.05) is 37.3 Å². The molecule has 1 nitrogen and oxygen atoms in total. The van der Waals surface area contributed by atoms with E-state index in [0.29, 0.717) is 0 Å². The lowest BCUT2D eigenvalue weighted by Gasteiger charge is -1.83. The molecule has 0 saturated carbocycles. The molecule has 0 spiro atoms. The molecule has 1 aromatic carbocycles. The zero-order valence-corrected chi connectivity index (χ0v) is 9.94. The fourth-order valence-electron chi connectivity index (χ4n) is 1.32. The van der Waals surface area contributed by atoms with Crippen LogP contribution in [0.1, 0.15) is 26.0 Å². The zero-order valence-electron chi connectivity index (χ0n) is 9.94. The first-order valence-electron chi connectivity index (χ1n) is 5.54. The standard InChI is InChI=1S/C12H12O.C3H6/c1-2-3-7-11-9-10-6-4-5-8-12(10)13-11;1-3-2/h3-9H,2H2,1H3;3H,1H2,2H3/b7-3+;. The minimum absolute atomic E-state index is 0.933. The second kappa shape index (κ2) is 6.67. The lowest BCUT2D eigenvalue weighted by molar-refractivity contribution is 0.604. The molecular weight excluding hydrogens is 196 g/mol. The molecule has 2 aromatic rings. The molecular formula is C15H18O. The average molecular weight is 214 g/mol. The number of rotatable bonds is 2. The van der Waals surface area contributed by atoms with Crippen molar-refractivity contribution in [1.82, 2.24) is 0 Å². The van der Waals surface area contributed by atoms with Crippen LogP contribution in [0.25, 0.3) is 17.0 Å². The molecule has 0 unspecified atom stereocenters. The van der Waals surface area contributed by atoms with Crippen molar-refractivity contribution in [2.45, 2.75) is 20.3 Å². The summed E-state index contributed by atoms with van der Waals surface area (Å²) < 4.78 is 5.58. The summed E-state index contributed by atoms with van der Waals surface area (Å²) >= 11 is 0. The molecule has 0 amide bonds. The Labute approximate surface area is 97.1 Å². The summed E-state index contributed by atoms with van der Waals surface area (Å²) in [6, 6.07) is 10.1. The Morgan fingerprint density at radius 2 is 2.00 bits per heavy atom. The molecule has 1 heteroatoms. The van der Waals surface area contributed by atoms with Crippen molar-refractivity contribution < 1.29 is 4.42 Å². The first-order chi connectivity index (χ1) is 7.81. The van der Waals surface area contributed by atoms with E-state index in [0.717, 1.165) is 17.8 Å². The summed E-state index contributed by atoms with van der Waals surface area (Å²) in [5.74, 6) is 0.933. The van der Waals surface area contributed by atoms with Gasteiger partial charge in [-0.25, -0.2) is 0 Å². The number of benzene rings is 1. The summed E-state index contributed by atoms with van der Waals surface area (Å²) in [5, 5.41) is 1.17. The smallest absolute Gasteiger partial charge is 0.134 e. The van der Waals surface area contributed by atoms with Gasteiger partial charge in [0, 0.05) is 5.39 Å². The van der Waals surface area contributed by atoms with Crippen molar-refractivity contribution in [2.24, 2.45) is 0 Å². The maximum atomic E-state index is 5.58. The SMILES string of the molecule is C=CC.CC/C=C/c1cc2ccccc2o1. The Balaban J connectivity index is 0.000000386. The third kappa shape index (κ3) is 3.43. The van der Waals surface area contributed by atoms with E-state index in [-0.39, 0.29) is 0 Å². The van der Waals surface area contributed by atoms with E-state index in [9.17, 15) is 0 Å². The molecule has 0 aliphatic carbocycles. The van der Waals surface area contributed by atoms with Gasteiger partial charge in [0.2, 0.25) is 0 Å². The van der Waals surface area contributed by atoms with Crippen LogP contribution in [-0.2, 0) is 0 Å². The molecule has 16 heavy (non-hydrogen) atoms. The summed E-state index contributed by atoms with van der Waals surface area (Å²) in [6.45, 7) is 7.36. The summed E-state index contributed by atoms with van der Waals surface area (Å²) in [7, 11) is 0. The molecule has 84 valence electrons. The highest BCUT2D eigenvalue weighted by molar-refractivity contribution is 5.79. The normalized spacial score (nSPS) is 10.1. The van der Waals surface area contributed by atoms with Crippen LogP contribution >= 0.6 is 0 Å². The molecule has 2 rings (SSSR count). The van der Waals surface area contributed by atoms with Crippen LogP contribution in [-0.4, -0.2) is 0 Å². The van der Waals surface area contributed by atoms with Crippen molar-refractivity contribution in [3.8, 4) is 0 Å². The van der Waals surface area contributed by atoms with Gasteiger partial charge in [-0.2, -0.15) is 0 Å². The number of para-hydroxylation sites is 1. The van der Waals surface area contributed by atoms with Crippen LogP contribution in [0.3, 0.4) is 0 Å². The summed E-state index contributed by atoms with van der Waals surface area (Å²) in [4.78, 5) is 0. The second-order valence-corrected chi connectivity index (χ2v) is 3.41. The Kier molecular flexibility index (Phi) is 5.13. The zero-order chi connectivity index (χ0) is 11.8. The minimum atomic E-state index is 0.933. The van der Waals surface area contributed by atoms with Gasteiger partial charge >= 0.3 is 0 Å². The number of allylic oxidation sites excluding steroid dienone is 2. The molecule has 0 bridgehead atoms. The predicted molar refractivity (Wildman–Crippen MR) is 71.4 cm³/mol. The van der Waals surface area contributed by atoms with Crippen molar-refractivity contribution >= 4 is 17.0 Å². The van der Waals surface area contributed by atoms with E-state index in [1.165, 1.54) is 5.39 Å². The van der Waals surface area contributed by atoms with Crippen LogP contribution in [0.15, 0.2) is 53.5 Å². The first-order valence-corrected chi connectivity index (χ1v) is 5.54. The largest absolute Gasteiger partial charge is 0.457 e. The third-order valence-electron chi connectivity index (χ3n) is 1.96. The number of furan rings is 1. The Bertz CT molecular complexity index is 430. The first kappa shape index (κ1) is 12.3. The lowest BCUT2D eigenvalue weighted by atomic mass is 10.2. The number of fused-ring (bicyclic) bond motifs is 1. The molecule has 0 N–H and O–H groups in total. The fourth-order valence-corrected chi connectivity index (χ4v) is 1.32. The van der Waals surface area contributed by atoms with Gasteiger partial charge in [-0.3, -0.25) is 0 Å². The van der Waals surface area contributed by atoms with Gasteiger partial charge in [0.05, 0.1) is 0 Å². The maximum absolute atomic E-state index is 5.58. The minimum Gasteiger partial charge on any atom is -0.457 e. The second-order valence-electron chi connectivity index (χ2n) is 3.41. The molecule has 0 aliphatic heterocycles. The molecule has 0 fully saturated rings. The molecule has 0 aliphatic rings. The van der Waals surface area contributed by atoms with Gasteiger partial charge < -0.3 is 4.42 Å². The molecule has 0 radical (unpaired) electrons. The van der Waals surface area contributed by atoms with E-state index in [1.54, 1.807) is 6.08 Å². The Morgan fingerprint density at radius 3 is 2.62 bits per heavy atom. The van der Waals surface area contributed by atoms with Crippen LogP contribution in [0.4, 0.5) is 0 Å². The van der Waals surface area contributed by atoms with E-state index in [2.05, 4.69) is 31.7 Å². The third-order valence-corrected chi connectivity index (χ3v) is 1.96. The van der Waals surface area contributed by atoms with Gasteiger partial charge in [0.1, 0.15) is 11.3 Å². The predicted octanol–water partition coefficient (Wildman–Crippen LogP) is 5.05. The van der Waals surface area contributed by atoms with Crippen LogP contribution in [0.2, 0.25) is 0 Å². The highest BCUT2D eigenvalue weighted by Crippen LogP contribution is 2.19. The molecule has 1 heterocycles. The maximum Gasteiger partial charge on any atom is 0.134 e. The molecule has 0 saturated heterocycles. The molecule has 0 atom stereocenters. The van der Waals surface area contributed by atoms with Gasteiger partial charge in [-0.05, 0) is 31.6 Å². The Hall–Kier alpha value is -1.76. The van der Waals surface area contributed by atoms with Crippen molar-refractivity contribution in [1.29, 1.82) is 0 Å². The Morgan fingerprint density at radius 1 is 1.31 bits per heavy atom. The van der Waals surface area contributed by atoms with Crippen LogP contribution < -0.4 is 0 Å². The quantitative estimate of drug-likeness (QED) is 0.638. The van der Waals surface area contributed by atoms with Crippen LogP contribution in [0.5, 0.6) is 0 Å². The van der Waals surface area contributed by atoms with Gasteiger partial charge in [0.25, 0.3) is 0 Å². The average Bonchev–Trinajstić information content (AvgIpc) is 2.70. The monoisotopic (exact) mass is 214 g/mol. The van der Waals surface area contributed by atoms with Crippen LogP contribution in [0, 0.1) is 0 Å². The van der Waals surface area contributed by atoms with E-state index in [4.69, 9.17) is 4.42 Å². The summed E-state index contributed by atoms with van der Waals surface area (Å²) in [5.41, 5.74) is 0.957. The van der Waals surface area contributed by atoms with Crippen molar-refractivity contribution in [3.63, 3.8) is 0 Å². The highest BCUT2D eigenvalue weighted by Gasteiger charge is 1.97. The highest BCUT2D eigenvalue weighted by atomic mass is 16.3. The van der Waals surface area contributed by atoms with Crippen molar-refractivity contribution in [2.75, 3.05) is 0 Å². The fraction of sp³-hybridized carbons (Fsp3) is 0.200. The van der Waals surface area contributed by atoms with E-state index >= 15 is 0 Å². The van der Waals surface area contributed by atoms with Crippen molar-refractivity contribution in [3.05, 3.63) is 54.8 Å². The topological polar surface area (TPSA) is 13.1 Å². The van der Waals surface area contributed by atoms with Gasteiger partial charge in [0.15, 0.2) is 0 Å². The number of hydrogen-bond donors (Lipinski definition) is 0. The van der Waals surface area contributed by atoms with E-state index in [1.807, 2.05) is 31.2 Å². The summed E-state index contributed by atoms with van der Waals surface area (Å²) in [6.07, 6.45) is 6.90. The lowest BCUT2D eigenvalue weighted by Crippen LogP contribution is -1.58. The molecule has 1 aromatic heterocycles. The number of hydrogen-bond acceptors (Lipinski definition) is 1.